The second-order valence-electron chi connectivity index (χ2n) is 9.78. The summed E-state index contributed by atoms with van der Waals surface area (Å²) in [5, 5.41) is 18.9. The van der Waals surface area contributed by atoms with Crippen LogP contribution in [-0.4, -0.2) is 37.7 Å². The number of phenolic OH excluding ortho intramolecular Hbond substituents is 1. The molecule has 5 aromatic rings. The van der Waals surface area contributed by atoms with Gasteiger partial charge in [0.05, 0.1) is 17.4 Å². The van der Waals surface area contributed by atoms with E-state index in [1.54, 1.807) is 30.3 Å². The molecule has 0 saturated carbocycles. The average molecular weight is 534 g/mol. The maximum Gasteiger partial charge on any atom is 0.257 e. The number of aromatic hydroxyl groups is 1. The van der Waals surface area contributed by atoms with E-state index in [-0.39, 0.29) is 12.2 Å². The fraction of sp³-hybridized carbons (Fsp3) is 0.188. The number of fused-ring (bicyclic) bond motifs is 1. The highest BCUT2D eigenvalue weighted by Gasteiger charge is 2.19. The molecule has 2 amide bonds. The predicted octanol–water partition coefficient (Wildman–Crippen LogP) is 5.10. The number of nitrogens with one attached hydrogen (secondary N) is 1. The topological polar surface area (TPSA) is 123 Å². The van der Waals surface area contributed by atoms with Crippen LogP contribution in [0.25, 0.3) is 33.4 Å². The van der Waals surface area contributed by atoms with Gasteiger partial charge in [-0.15, -0.1) is 0 Å². The third kappa shape index (κ3) is 6.08. The minimum atomic E-state index is -0.913. The van der Waals surface area contributed by atoms with Gasteiger partial charge in [0.1, 0.15) is 11.4 Å². The largest absolute Gasteiger partial charge is 0.508 e. The van der Waals surface area contributed by atoms with Crippen LogP contribution in [0.15, 0.2) is 91.1 Å². The van der Waals surface area contributed by atoms with Gasteiger partial charge in [0.15, 0.2) is 0 Å². The van der Waals surface area contributed by atoms with Crippen molar-refractivity contribution in [2.45, 2.75) is 38.8 Å². The molecule has 0 aliphatic carbocycles. The molecule has 0 aliphatic rings. The first-order chi connectivity index (χ1) is 19.4. The Morgan fingerprint density at radius 1 is 0.950 bits per heavy atom. The molecule has 202 valence electrons. The lowest BCUT2D eigenvalue weighted by atomic mass is 10.0. The van der Waals surface area contributed by atoms with Crippen LogP contribution < -0.4 is 11.1 Å². The van der Waals surface area contributed by atoms with Gasteiger partial charge < -0.3 is 10.8 Å². The Hall–Kier alpha value is -4.82. The van der Waals surface area contributed by atoms with E-state index in [9.17, 15) is 14.7 Å². The molecule has 0 fully saturated rings. The zero-order valence-electron chi connectivity index (χ0n) is 22.2. The lowest BCUT2D eigenvalue weighted by Gasteiger charge is -2.12. The second kappa shape index (κ2) is 11.9. The molecule has 8 nitrogen and oxygen atoms in total. The number of benzene rings is 3. The molecule has 0 aliphatic heterocycles. The summed E-state index contributed by atoms with van der Waals surface area (Å²) in [7, 11) is 0. The zero-order valence-corrected chi connectivity index (χ0v) is 22.2. The Bertz CT molecular complexity index is 1660. The Kier molecular flexibility index (Phi) is 7.98. The number of hydrogen-bond acceptors (Lipinski definition) is 6. The molecule has 2 heterocycles. The molecular formula is C32H31N5O3. The highest BCUT2D eigenvalue weighted by molar-refractivity contribution is 6.06. The van der Waals surface area contributed by atoms with E-state index in [1.165, 1.54) is 12.1 Å². The normalized spacial score (nSPS) is 11.8. The first-order valence-electron chi connectivity index (χ1n) is 13.3. The molecule has 2 aromatic heterocycles. The quantitative estimate of drug-likeness (QED) is 0.242. The summed E-state index contributed by atoms with van der Waals surface area (Å²) in [5.41, 5.74) is 10.4. The Labute approximate surface area is 232 Å². The van der Waals surface area contributed by atoms with Gasteiger partial charge in [0, 0.05) is 29.3 Å². The van der Waals surface area contributed by atoms with Crippen LogP contribution in [0.5, 0.6) is 5.75 Å². The highest BCUT2D eigenvalue weighted by atomic mass is 16.3. The number of carbonyl (C=O) groups excluding carboxylic acids is 2. The fourth-order valence-electron chi connectivity index (χ4n) is 4.55. The van der Waals surface area contributed by atoms with Gasteiger partial charge in [0.25, 0.3) is 5.91 Å². The van der Waals surface area contributed by atoms with Crippen molar-refractivity contribution < 1.29 is 14.7 Å². The summed E-state index contributed by atoms with van der Waals surface area (Å²) in [6, 6.07) is 24.7. The molecule has 0 radical (unpaired) electrons. The zero-order chi connectivity index (χ0) is 28.1. The van der Waals surface area contributed by atoms with Crippen molar-refractivity contribution in [2.75, 3.05) is 0 Å². The van der Waals surface area contributed by atoms with Crippen LogP contribution in [0.4, 0.5) is 0 Å². The van der Waals surface area contributed by atoms with Crippen LogP contribution >= 0.6 is 0 Å². The molecular weight excluding hydrogens is 502 g/mol. The van der Waals surface area contributed by atoms with Crippen LogP contribution in [0.3, 0.4) is 0 Å². The molecule has 0 saturated heterocycles. The number of aryl methyl sites for hydroxylation is 1. The van der Waals surface area contributed by atoms with Gasteiger partial charge in [-0.25, -0.2) is 0 Å². The van der Waals surface area contributed by atoms with E-state index in [1.807, 2.05) is 47.3 Å². The number of unbranched alkanes of at least 4 members (excludes halogenated alkanes) is 1. The van der Waals surface area contributed by atoms with Gasteiger partial charge in [-0.3, -0.25) is 24.6 Å². The van der Waals surface area contributed by atoms with E-state index in [0.29, 0.717) is 5.56 Å². The highest BCUT2D eigenvalue weighted by Crippen LogP contribution is 2.28. The van der Waals surface area contributed by atoms with Gasteiger partial charge in [0.2, 0.25) is 5.91 Å². The number of pyridine rings is 1. The summed E-state index contributed by atoms with van der Waals surface area (Å²) < 4.78 is 1.95. The molecule has 3 aromatic carbocycles. The lowest BCUT2D eigenvalue weighted by Crippen LogP contribution is -2.44. The van der Waals surface area contributed by atoms with Crippen molar-refractivity contribution >= 4 is 22.6 Å². The number of amides is 2. The van der Waals surface area contributed by atoms with E-state index < -0.39 is 17.9 Å². The number of phenols is 1. The van der Waals surface area contributed by atoms with Gasteiger partial charge in [-0.05, 0) is 60.2 Å². The Morgan fingerprint density at radius 2 is 1.73 bits per heavy atom. The number of rotatable bonds is 9. The smallest absolute Gasteiger partial charge is 0.257 e. The molecule has 4 N–H and O–H groups in total. The van der Waals surface area contributed by atoms with Crippen LogP contribution in [0, 0.1) is 0 Å². The number of nitrogens with zero attached hydrogens (tertiary/aromatic N) is 3. The predicted molar refractivity (Wildman–Crippen MR) is 156 cm³/mol. The van der Waals surface area contributed by atoms with Crippen molar-refractivity contribution in [1.82, 2.24) is 20.1 Å². The van der Waals surface area contributed by atoms with Gasteiger partial charge >= 0.3 is 0 Å². The van der Waals surface area contributed by atoms with Crippen LogP contribution in [-0.2, 0) is 17.8 Å². The van der Waals surface area contributed by atoms with E-state index in [4.69, 9.17) is 10.8 Å². The second-order valence-corrected chi connectivity index (χ2v) is 9.78. The summed E-state index contributed by atoms with van der Waals surface area (Å²) in [5.74, 6) is -0.960. The van der Waals surface area contributed by atoms with Crippen LogP contribution in [0.1, 0.15) is 35.7 Å². The molecule has 1 unspecified atom stereocenters. The summed E-state index contributed by atoms with van der Waals surface area (Å²) in [4.78, 5) is 30.3. The van der Waals surface area contributed by atoms with Crippen molar-refractivity contribution in [3.8, 4) is 28.4 Å². The van der Waals surface area contributed by atoms with Crippen molar-refractivity contribution in [3.63, 3.8) is 0 Å². The van der Waals surface area contributed by atoms with Crippen molar-refractivity contribution in [3.05, 3.63) is 102 Å². The fourth-order valence-corrected chi connectivity index (χ4v) is 4.55. The number of aromatic nitrogens is 3. The first-order valence-corrected chi connectivity index (χ1v) is 13.3. The van der Waals surface area contributed by atoms with Crippen molar-refractivity contribution in [1.29, 1.82) is 0 Å². The first kappa shape index (κ1) is 26.8. The minimum absolute atomic E-state index is 0.133. The monoisotopic (exact) mass is 533 g/mol. The molecule has 5 rings (SSSR count). The molecule has 8 heteroatoms. The van der Waals surface area contributed by atoms with Gasteiger partial charge in [-0.2, -0.15) is 5.10 Å². The van der Waals surface area contributed by atoms with E-state index >= 15 is 0 Å². The third-order valence-electron chi connectivity index (χ3n) is 6.78. The van der Waals surface area contributed by atoms with Crippen molar-refractivity contribution in [2.24, 2.45) is 5.73 Å². The van der Waals surface area contributed by atoms with Crippen LogP contribution in [0.2, 0.25) is 0 Å². The maximum atomic E-state index is 13.0. The number of hydrogen-bond donors (Lipinski definition) is 3. The summed E-state index contributed by atoms with van der Waals surface area (Å²) in [6.45, 7) is 2.85. The van der Waals surface area contributed by atoms with Gasteiger partial charge in [-0.1, -0.05) is 61.9 Å². The number of imide groups is 1. The molecule has 40 heavy (non-hydrogen) atoms. The molecule has 0 bridgehead atoms. The maximum absolute atomic E-state index is 13.0. The summed E-state index contributed by atoms with van der Waals surface area (Å²) in [6.07, 6.45) is 4.05. The molecule has 1 atom stereocenters. The summed E-state index contributed by atoms with van der Waals surface area (Å²) >= 11 is 0. The molecule has 0 spiro atoms. The SMILES string of the molecule is CCCCn1nc(-c2cc3ccccc3cn2)cc1-c1cccc(C(=O)NC(=O)C(N)Cc2ccc(O)cc2)c1. The minimum Gasteiger partial charge on any atom is -0.508 e. The average Bonchev–Trinajstić information content (AvgIpc) is 3.41. The number of nitrogens with two attached hydrogens (primary N) is 1. The Morgan fingerprint density at radius 3 is 2.50 bits per heavy atom. The number of carbonyl (C=O) groups is 2. The van der Waals surface area contributed by atoms with E-state index in [0.717, 1.165) is 58.4 Å². The lowest BCUT2D eigenvalue weighted by molar-refractivity contribution is -0.121. The third-order valence-corrected chi connectivity index (χ3v) is 6.78. The van der Waals surface area contributed by atoms with E-state index in [2.05, 4.69) is 23.3 Å². The standard InChI is InChI=1S/C32H31N5O3/c1-2-3-15-37-30(19-29(36-37)28-18-22-7-4-5-8-25(22)20-34-28)23-9-6-10-24(17-23)31(39)35-32(40)27(33)16-21-11-13-26(38)14-12-21/h4-14,17-20,27,38H,2-3,15-16,33H2,1H3,(H,35,39,40). The Balaban J connectivity index is 1.37.